The van der Waals surface area contributed by atoms with Crippen molar-refractivity contribution in [2.45, 2.75) is 6.61 Å². The minimum absolute atomic E-state index is 0.287. The highest BCUT2D eigenvalue weighted by atomic mass is 79.9. The molecule has 0 spiro atoms. The summed E-state index contributed by atoms with van der Waals surface area (Å²) in [6.45, 7) is 0.287. The number of hydrogen-bond acceptors (Lipinski definition) is 1. The second kappa shape index (κ2) is 6.70. The molecule has 0 unspecified atom stereocenters. The Kier molecular flexibility index (Phi) is 5.45. The highest BCUT2D eigenvalue weighted by Crippen LogP contribution is 2.36. The topological polar surface area (TPSA) is 9.23 Å². The van der Waals surface area contributed by atoms with Crippen LogP contribution >= 0.6 is 63.7 Å². The highest BCUT2D eigenvalue weighted by molar-refractivity contribution is 9.11. The first-order valence-electron chi connectivity index (χ1n) is 5.18. The predicted octanol–water partition coefficient (Wildman–Crippen LogP) is 6.45. The summed E-state index contributed by atoms with van der Waals surface area (Å²) in [7, 11) is 0. The third-order valence-corrected chi connectivity index (χ3v) is 4.36. The van der Waals surface area contributed by atoms with Crippen molar-refractivity contribution in [1.29, 1.82) is 0 Å². The van der Waals surface area contributed by atoms with E-state index in [9.17, 15) is 4.39 Å². The molecule has 0 heterocycles. The SMILES string of the molecule is Fc1cc(Br)cc(COc2c(Br)cc(Br)cc2Br)c1. The van der Waals surface area contributed by atoms with Crippen molar-refractivity contribution in [3.05, 3.63) is 59.6 Å². The van der Waals surface area contributed by atoms with E-state index in [4.69, 9.17) is 4.74 Å². The molecule has 0 aliphatic carbocycles. The van der Waals surface area contributed by atoms with Gasteiger partial charge in [-0.05, 0) is 67.8 Å². The number of halogens is 5. The molecule has 0 radical (unpaired) electrons. The van der Waals surface area contributed by atoms with E-state index < -0.39 is 0 Å². The minimum atomic E-state index is -0.290. The van der Waals surface area contributed by atoms with Crippen molar-refractivity contribution >= 4 is 63.7 Å². The van der Waals surface area contributed by atoms with Gasteiger partial charge in [0.15, 0.2) is 0 Å². The molecule has 1 nitrogen and oxygen atoms in total. The average Bonchev–Trinajstić information content (AvgIpc) is 2.25. The van der Waals surface area contributed by atoms with Gasteiger partial charge in [-0.1, -0.05) is 31.9 Å². The molecule has 0 aliphatic rings. The monoisotopic (exact) mass is 514 g/mol. The van der Waals surface area contributed by atoms with Gasteiger partial charge in [-0.15, -0.1) is 0 Å². The first-order chi connectivity index (χ1) is 8.95. The molecule has 6 heteroatoms. The van der Waals surface area contributed by atoms with Crippen molar-refractivity contribution in [3.8, 4) is 5.75 Å². The van der Waals surface area contributed by atoms with Crippen LogP contribution in [0.2, 0.25) is 0 Å². The van der Waals surface area contributed by atoms with Crippen LogP contribution < -0.4 is 4.74 Å². The van der Waals surface area contributed by atoms with Crippen LogP contribution in [0.1, 0.15) is 5.56 Å². The standard InChI is InChI=1S/C13H7Br4FO/c14-8-1-7(2-10(18)3-8)6-19-13-11(16)4-9(15)5-12(13)17/h1-5H,6H2. The second-order valence-electron chi connectivity index (χ2n) is 3.76. The van der Waals surface area contributed by atoms with Crippen molar-refractivity contribution in [2.24, 2.45) is 0 Å². The van der Waals surface area contributed by atoms with Crippen LogP contribution in [0.5, 0.6) is 5.75 Å². The van der Waals surface area contributed by atoms with Crippen LogP contribution in [0.25, 0.3) is 0 Å². The van der Waals surface area contributed by atoms with Gasteiger partial charge < -0.3 is 4.74 Å². The molecule has 2 rings (SSSR count). The molecule has 0 N–H and O–H groups in total. The molecule has 0 saturated heterocycles. The third kappa shape index (κ3) is 4.28. The number of hydrogen-bond donors (Lipinski definition) is 0. The van der Waals surface area contributed by atoms with E-state index in [1.165, 1.54) is 12.1 Å². The maximum absolute atomic E-state index is 13.3. The Morgan fingerprint density at radius 3 is 2.00 bits per heavy atom. The van der Waals surface area contributed by atoms with Gasteiger partial charge in [0.2, 0.25) is 0 Å². The normalized spacial score (nSPS) is 10.6. The fraction of sp³-hybridized carbons (Fsp3) is 0.0769. The van der Waals surface area contributed by atoms with Gasteiger partial charge in [0.1, 0.15) is 18.2 Å². The zero-order chi connectivity index (χ0) is 14.0. The van der Waals surface area contributed by atoms with Gasteiger partial charge in [0.25, 0.3) is 0 Å². The molecule has 19 heavy (non-hydrogen) atoms. The summed E-state index contributed by atoms with van der Waals surface area (Å²) in [5, 5.41) is 0. The first kappa shape index (κ1) is 15.5. The Labute approximate surface area is 144 Å². The van der Waals surface area contributed by atoms with Crippen LogP contribution in [0.4, 0.5) is 4.39 Å². The third-order valence-electron chi connectivity index (χ3n) is 2.27. The number of rotatable bonds is 3. The molecule has 2 aromatic carbocycles. The van der Waals surface area contributed by atoms with Crippen molar-refractivity contribution in [1.82, 2.24) is 0 Å². The molecule has 0 aliphatic heterocycles. The van der Waals surface area contributed by atoms with E-state index in [1.54, 1.807) is 0 Å². The van der Waals surface area contributed by atoms with E-state index in [0.717, 1.165) is 19.0 Å². The molecule has 0 saturated carbocycles. The Hall–Kier alpha value is 0.0900. The largest absolute Gasteiger partial charge is 0.487 e. The molecular formula is C13H7Br4FO. The average molecular weight is 518 g/mol. The summed E-state index contributed by atoms with van der Waals surface area (Å²) in [5.74, 6) is 0.394. The molecule has 2 aromatic rings. The molecule has 0 fully saturated rings. The van der Waals surface area contributed by atoms with Crippen LogP contribution in [0.3, 0.4) is 0 Å². The Balaban J connectivity index is 2.19. The molecular weight excluding hydrogens is 511 g/mol. The zero-order valence-corrected chi connectivity index (χ0v) is 15.7. The summed E-state index contributed by atoms with van der Waals surface area (Å²) in [6.07, 6.45) is 0. The summed E-state index contributed by atoms with van der Waals surface area (Å²) >= 11 is 13.5. The van der Waals surface area contributed by atoms with Gasteiger partial charge >= 0.3 is 0 Å². The predicted molar refractivity (Wildman–Crippen MR) is 88.0 cm³/mol. The maximum Gasteiger partial charge on any atom is 0.148 e. The summed E-state index contributed by atoms with van der Waals surface area (Å²) in [5.41, 5.74) is 0.758. The quantitative estimate of drug-likeness (QED) is 0.454. The fourth-order valence-electron chi connectivity index (χ4n) is 1.52. The second-order valence-corrected chi connectivity index (χ2v) is 7.30. The minimum Gasteiger partial charge on any atom is -0.487 e. The van der Waals surface area contributed by atoms with Gasteiger partial charge in [-0.3, -0.25) is 0 Å². The molecule has 100 valence electrons. The lowest BCUT2D eigenvalue weighted by molar-refractivity contribution is 0.301. The summed E-state index contributed by atoms with van der Waals surface area (Å²) < 4.78 is 22.2. The van der Waals surface area contributed by atoms with Gasteiger partial charge in [0.05, 0.1) is 8.95 Å². The fourth-order valence-corrected chi connectivity index (χ4v) is 4.52. The summed E-state index contributed by atoms with van der Waals surface area (Å²) in [4.78, 5) is 0. The zero-order valence-electron chi connectivity index (χ0n) is 9.39. The van der Waals surface area contributed by atoms with Crippen LogP contribution in [-0.4, -0.2) is 0 Å². The lowest BCUT2D eigenvalue weighted by Crippen LogP contribution is -1.98. The molecule has 0 aromatic heterocycles. The van der Waals surface area contributed by atoms with Gasteiger partial charge in [-0.2, -0.15) is 0 Å². The first-order valence-corrected chi connectivity index (χ1v) is 8.35. The molecule has 0 atom stereocenters. The van der Waals surface area contributed by atoms with E-state index in [1.807, 2.05) is 18.2 Å². The van der Waals surface area contributed by atoms with Crippen LogP contribution in [-0.2, 0) is 6.61 Å². The Morgan fingerprint density at radius 1 is 0.842 bits per heavy atom. The van der Waals surface area contributed by atoms with E-state index in [2.05, 4.69) is 63.7 Å². The maximum atomic E-state index is 13.3. The van der Waals surface area contributed by atoms with E-state index in [0.29, 0.717) is 10.2 Å². The molecule has 0 bridgehead atoms. The Bertz CT molecular complexity index is 572. The van der Waals surface area contributed by atoms with Crippen molar-refractivity contribution < 1.29 is 9.13 Å². The highest BCUT2D eigenvalue weighted by Gasteiger charge is 2.09. The van der Waals surface area contributed by atoms with Crippen molar-refractivity contribution in [3.63, 3.8) is 0 Å². The van der Waals surface area contributed by atoms with E-state index >= 15 is 0 Å². The van der Waals surface area contributed by atoms with Crippen molar-refractivity contribution in [2.75, 3.05) is 0 Å². The number of ether oxygens (including phenoxy) is 1. The van der Waals surface area contributed by atoms with Crippen LogP contribution in [0.15, 0.2) is 48.2 Å². The summed E-state index contributed by atoms with van der Waals surface area (Å²) in [6, 6.07) is 8.47. The van der Waals surface area contributed by atoms with Gasteiger partial charge in [0, 0.05) is 8.95 Å². The lowest BCUT2D eigenvalue weighted by atomic mass is 10.2. The lowest BCUT2D eigenvalue weighted by Gasteiger charge is -2.11. The van der Waals surface area contributed by atoms with Crippen LogP contribution in [0, 0.1) is 5.82 Å². The molecule has 0 amide bonds. The van der Waals surface area contributed by atoms with Gasteiger partial charge in [-0.25, -0.2) is 4.39 Å². The number of benzene rings is 2. The van der Waals surface area contributed by atoms with E-state index in [-0.39, 0.29) is 12.4 Å². The Morgan fingerprint density at radius 2 is 1.42 bits per heavy atom. The smallest absolute Gasteiger partial charge is 0.148 e.